The summed E-state index contributed by atoms with van der Waals surface area (Å²) in [5, 5.41) is 11.6. The third-order valence-electron chi connectivity index (χ3n) is 5.75. The van der Waals surface area contributed by atoms with Crippen molar-refractivity contribution in [1.29, 1.82) is 0 Å². The van der Waals surface area contributed by atoms with Gasteiger partial charge in [0.1, 0.15) is 11.5 Å². The molecule has 5 heteroatoms. The molecule has 2 atom stereocenters. The lowest BCUT2D eigenvalue weighted by molar-refractivity contribution is 0.380. The second-order valence-electron chi connectivity index (χ2n) is 7.93. The zero-order valence-electron chi connectivity index (χ0n) is 16.7. The van der Waals surface area contributed by atoms with Gasteiger partial charge < -0.3 is 9.52 Å². The van der Waals surface area contributed by atoms with E-state index in [0.29, 0.717) is 22.3 Å². The summed E-state index contributed by atoms with van der Waals surface area (Å²) in [6.07, 6.45) is 3.69. The average Bonchev–Trinajstić information content (AvgIpc) is 3.44. The predicted octanol–water partition coefficient (Wildman–Crippen LogP) is 6.65. The van der Waals surface area contributed by atoms with Crippen molar-refractivity contribution in [2.45, 2.75) is 51.4 Å². The van der Waals surface area contributed by atoms with Crippen molar-refractivity contribution in [2.24, 2.45) is 5.92 Å². The van der Waals surface area contributed by atoms with Crippen LogP contribution in [0.2, 0.25) is 5.02 Å². The molecule has 1 fully saturated rings. The van der Waals surface area contributed by atoms with Crippen LogP contribution in [0.15, 0.2) is 51.7 Å². The van der Waals surface area contributed by atoms with Crippen LogP contribution in [-0.2, 0) is 6.42 Å². The van der Waals surface area contributed by atoms with Crippen molar-refractivity contribution in [1.82, 2.24) is 0 Å². The van der Waals surface area contributed by atoms with E-state index in [1.165, 1.54) is 4.88 Å². The smallest absolute Gasteiger partial charge is 0.343 e. The van der Waals surface area contributed by atoms with E-state index in [2.05, 4.69) is 26.0 Å². The van der Waals surface area contributed by atoms with Crippen LogP contribution in [0.3, 0.4) is 0 Å². The van der Waals surface area contributed by atoms with Crippen molar-refractivity contribution in [3.8, 4) is 5.75 Å². The molecule has 0 aliphatic heterocycles. The van der Waals surface area contributed by atoms with Gasteiger partial charge in [-0.1, -0.05) is 30.7 Å². The van der Waals surface area contributed by atoms with Gasteiger partial charge in [-0.2, -0.15) is 0 Å². The van der Waals surface area contributed by atoms with Crippen LogP contribution in [0.1, 0.15) is 64.7 Å². The number of hydrogen-bond acceptors (Lipinski definition) is 4. The summed E-state index contributed by atoms with van der Waals surface area (Å²) in [7, 11) is 0. The van der Waals surface area contributed by atoms with Crippen LogP contribution in [-0.4, -0.2) is 5.11 Å². The van der Waals surface area contributed by atoms with Gasteiger partial charge in [-0.15, -0.1) is 11.3 Å². The average molecular weight is 429 g/mol. The van der Waals surface area contributed by atoms with Crippen molar-refractivity contribution in [3.63, 3.8) is 0 Å². The van der Waals surface area contributed by atoms with Crippen molar-refractivity contribution >= 4 is 22.9 Å². The summed E-state index contributed by atoms with van der Waals surface area (Å²) >= 11 is 7.67. The van der Waals surface area contributed by atoms with E-state index in [1.54, 1.807) is 17.4 Å². The number of rotatable bonds is 7. The molecule has 0 bridgehead atoms. The summed E-state index contributed by atoms with van der Waals surface area (Å²) in [4.78, 5) is 15.3. The Balaban J connectivity index is 1.67. The molecule has 2 heterocycles. The van der Waals surface area contributed by atoms with E-state index in [9.17, 15) is 9.90 Å². The topological polar surface area (TPSA) is 50.4 Å². The Kier molecular flexibility index (Phi) is 5.84. The van der Waals surface area contributed by atoms with Crippen LogP contribution < -0.4 is 5.63 Å². The number of aromatic hydroxyl groups is 1. The van der Waals surface area contributed by atoms with Crippen molar-refractivity contribution in [3.05, 3.63) is 84.5 Å². The van der Waals surface area contributed by atoms with Gasteiger partial charge in [-0.3, -0.25) is 0 Å². The molecule has 2 unspecified atom stereocenters. The Morgan fingerprint density at radius 3 is 2.48 bits per heavy atom. The summed E-state index contributed by atoms with van der Waals surface area (Å²) in [6, 6.07) is 13.5. The third kappa shape index (κ3) is 4.44. The zero-order chi connectivity index (χ0) is 20.5. The van der Waals surface area contributed by atoms with Crippen molar-refractivity contribution < 1.29 is 9.52 Å². The number of hydrogen-bond donors (Lipinski definition) is 1. The second-order valence-corrected chi connectivity index (χ2v) is 9.69. The van der Waals surface area contributed by atoms with Gasteiger partial charge in [-0.25, -0.2) is 4.79 Å². The highest BCUT2D eigenvalue weighted by molar-refractivity contribution is 7.12. The predicted molar refractivity (Wildman–Crippen MR) is 118 cm³/mol. The Labute approximate surface area is 180 Å². The quantitative estimate of drug-likeness (QED) is 0.458. The molecule has 152 valence electrons. The molecule has 3 aromatic rings. The first-order valence-electron chi connectivity index (χ1n) is 10.1. The summed E-state index contributed by atoms with van der Waals surface area (Å²) in [6.45, 7) is 4.12. The molecule has 0 spiro atoms. The second kappa shape index (κ2) is 8.37. The summed E-state index contributed by atoms with van der Waals surface area (Å²) in [5.74, 6) is 0.964. The Hall–Kier alpha value is -2.04. The van der Waals surface area contributed by atoms with Crippen LogP contribution >= 0.6 is 22.9 Å². The molecule has 1 aliphatic rings. The van der Waals surface area contributed by atoms with E-state index in [1.807, 2.05) is 24.3 Å². The number of benzene rings is 1. The van der Waals surface area contributed by atoms with Gasteiger partial charge in [0.05, 0.1) is 5.56 Å². The fourth-order valence-electron chi connectivity index (χ4n) is 4.01. The number of aryl methyl sites for hydroxylation is 1. The Bertz CT molecular complexity index is 1050. The molecular weight excluding hydrogens is 404 g/mol. The van der Waals surface area contributed by atoms with Gasteiger partial charge in [-0.05, 0) is 68.4 Å². The largest absolute Gasteiger partial charge is 0.507 e. The van der Waals surface area contributed by atoms with Crippen LogP contribution in [0.25, 0.3) is 0 Å². The maximum absolute atomic E-state index is 13.0. The monoisotopic (exact) mass is 428 g/mol. The highest BCUT2D eigenvalue weighted by Crippen LogP contribution is 2.49. The first-order chi connectivity index (χ1) is 14.0. The molecule has 29 heavy (non-hydrogen) atoms. The van der Waals surface area contributed by atoms with Crippen molar-refractivity contribution in [2.75, 3.05) is 0 Å². The molecule has 0 saturated heterocycles. The minimum Gasteiger partial charge on any atom is -0.507 e. The first-order valence-corrected chi connectivity index (χ1v) is 11.3. The van der Waals surface area contributed by atoms with Gasteiger partial charge >= 0.3 is 5.63 Å². The molecule has 1 saturated carbocycles. The first kappa shape index (κ1) is 20.2. The highest BCUT2D eigenvalue weighted by atomic mass is 35.5. The van der Waals surface area contributed by atoms with Crippen LogP contribution in [0.5, 0.6) is 5.75 Å². The lowest BCUT2D eigenvalue weighted by Crippen LogP contribution is -2.17. The fraction of sp³-hybridized carbons (Fsp3) is 0.375. The standard InChI is InChI=1S/C24H25ClO3S/c1-3-16(12-15-5-9-18(25)10-6-15)20-13-19(26)23(24(27)28-20)22(17-7-8-17)21-11-4-14(2)29-21/h4-6,9-11,13,16-17,22,26H,3,7-8,12H2,1-2H3. The molecule has 0 amide bonds. The summed E-state index contributed by atoms with van der Waals surface area (Å²) in [5.41, 5.74) is 1.13. The molecule has 3 nitrogen and oxygen atoms in total. The van der Waals surface area contributed by atoms with E-state index in [-0.39, 0.29) is 17.6 Å². The van der Waals surface area contributed by atoms with E-state index in [4.69, 9.17) is 16.0 Å². The molecule has 1 N–H and O–H groups in total. The molecular formula is C24H25ClO3S. The molecule has 1 aliphatic carbocycles. The van der Waals surface area contributed by atoms with Gasteiger partial charge in [0.15, 0.2) is 0 Å². The van der Waals surface area contributed by atoms with Gasteiger partial charge in [0.2, 0.25) is 0 Å². The molecule has 0 radical (unpaired) electrons. The summed E-state index contributed by atoms with van der Waals surface area (Å²) < 4.78 is 5.79. The zero-order valence-corrected chi connectivity index (χ0v) is 18.2. The van der Waals surface area contributed by atoms with E-state index >= 15 is 0 Å². The van der Waals surface area contributed by atoms with Gasteiger partial charge in [0, 0.05) is 32.7 Å². The fourth-order valence-corrected chi connectivity index (χ4v) is 5.21. The van der Waals surface area contributed by atoms with Crippen LogP contribution in [0.4, 0.5) is 0 Å². The molecule has 4 rings (SSSR count). The third-order valence-corrected chi connectivity index (χ3v) is 7.08. The van der Waals surface area contributed by atoms with Gasteiger partial charge in [0.25, 0.3) is 0 Å². The highest BCUT2D eigenvalue weighted by Gasteiger charge is 2.38. The Morgan fingerprint density at radius 2 is 1.93 bits per heavy atom. The van der Waals surface area contributed by atoms with E-state index in [0.717, 1.165) is 36.1 Å². The Morgan fingerprint density at radius 1 is 1.21 bits per heavy atom. The van der Waals surface area contributed by atoms with E-state index < -0.39 is 5.63 Å². The number of halogens is 1. The molecule has 1 aromatic carbocycles. The normalized spacial score (nSPS) is 16.0. The lowest BCUT2D eigenvalue weighted by Gasteiger charge is -2.18. The minimum absolute atomic E-state index is 0.0205. The van der Waals surface area contributed by atoms with Crippen LogP contribution in [0, 0.1) is 12.8 Å². The molecule has 2 aromatic heterocycles. The minimum atomic E-state index is -0.405. The SMILES string of the molecule is CCC(Cc1ccc(Cl)cc1)c1cc(O)c(C(c2ccc(C)s2)C2CC2)c(=O)o1. The lowest BCUT2D eigenvalue weighted by atomic mass is 9.90. The number of thiophene rings is 1. The maximum Gasteiger partial charge on any atom is 0.343 e. The maximum atomic E-state index is 13.0.